The standard InChI is InChI=1S/C12H26N2O2S/c1-9(2)11(4)14(5)17(15,16)10(3)8-13-12-6-7-12/h9-13H,6-8H2,1-5H3. The Morgan fingerprint density at radius 2 is 1.76 bits per heavy atom. The summed E-state index contributed by atoms with van der Waals surface area (Å²) in [4.78, 5) is 0. The summed E-state index contributed by atoms with van der Waals surface area (Å²) in [5.41, 5.74) is 0. The monoisotopic (exact) mass is 262 g/mol. The lowest BCUT2D eigenvalue weighted by Gasteiger charge is -2.30. The Morgan fingerprint density at radius 3 is 2.18 bits per heavy atom. The van der Waals surface area contributed by atoms with Gasteiger partial charge in [-0.05, 0) is 32.6 Å². The summed E-state index contributed by atoms with van der Waals surface area (Å²) in [7, 11) is -1.49. The smallest absolute Gasteiger partial charge is 0.217 e. The molecule has 17 heavy (non-hydrogen) atoms. The van der Waals surface area contributed by atoms with E-state index in [0.717, 1.165) is 0 Å². The summed E-state index contributed by atoms with van der Waals surface area (Å²) in [6.45, 7) is 8.40. The van der Waals surface area contributed by atoms with E-state index in [-0.39, 0.29) is 11.3 Å². The van der Waals surface area contributed by atoms with Crippen molar-refractivity contribution in [3.05, 3.63) is 0 Å². The van der Waals surface area contributed by atoms with Crippen molar-refractivity contribution in [1.82, 2.24) is 9.62 Å². The molecule has 0 amide bonds. The molecule has 0 heterocycles. The first-order chi connectivity index (χ1) is 7.76. The Bertz CT molecular complexity index is 336. The molecule has 1 aliphatic carbocycles. The van der Waals surface area contributed by atoms with Crippen molar-refractivity contribution in [3.8, 4) is 0 Å². The molecule has 0 saturated heterocycles. The summed E-state index contributed by atoms with van der Waals surface area (Å²) in [5, 5.41) is 2.93. The summed E-state index contributed by atoms with van der Waals surface area (Å²) in [5.74, 6) is 0.332. The third-order valence-corrected chi connectivity index (χ3v) is 6.04. The molecule has 0 bridgehead atoms. The van der Waals surface area contributed by atoms with E-state index in [4.69, 9.17) is 0 Å². The van der Waals surface area contributed by atoms with Crippen LogP contribution in [0.1, 0.15) is 40.5 Å². The van der Waals surface area contributed by atoms with Gasteiger partial charge in [0.25, 0.3) is 0 Å². The number of hydrogen-bond donors (Lipinski definition) is 1. The summed E-state index contributed by atoms with van der Waals surface area (Å²) < 4.78 is 26.1. The molecule has 4 nitrogen and oxygen atoms in total. The van der Waals surface area contributed by atoms with E-state index < -0.39 is 10.0 Å². The second-order valence-corrected chi connectivity index (χ2v) is 7.95. The molecule has 0 aliphatic heterocycles. The van der Waals surface area contributed by atoms with E-state index in [1.165, 1.54) is 17.1 Å². The van der Waals surface area contributed by atoms with Gasteiger partial charge in [-0.1, -0.05) is 13.8 Å². The highest BCUT2D eigenvalue weighted by molar-refractivity contribution is 7.89. The van der Waals surface area contributed by atoms with Crippen LogP contribution in [0.15, 0.2) is 0 Å². The third kappa shape index (κ3) is 3.93. The topological polar surface area (TPSA) is 49.4 Å². The van der Waals surface area contributed by atoms with Gasteiger partial charge >= 0.3 is 0 Å². The third-order valence-electron chi connectivity index (χ3n) is 3.72. The predicted molar refractivity (Wildman–Crippen MR) is 71.5 cm³/mol. The van der Waals surface area contributed by atoms with Crippen LogP contribution in [-0.4, -0.2) is 43.6 Å². The second-order valence-electron chi connectivity index (χ2n) is 5.54. The number of sulfonamides is 1. The van der Waals surface area contributed by atoms with Gasteiger partial charge in [0.2, 0.25) is 10.0 Å². The van der Waals surface area contributed by atoms with Crippen LogP contribution in [0.25, 0.3) is 0 Å². The average Bonchev–Trinajstić information content (AvgIpc) is 3.07. The zero-order valence-electron chi connectivity index (χ0n) is 11.6. The fraction of sp³-hybridized carbons (Fsp3) is 1.00. The maximum Gasteiger partial charge on any atom is 0.217 e. The van der Waals surface area contributed by atoms with Crippen LogP contribution in [-0.2, 0) is 10.0 Å². The normalized spacial score (nSPS) is 20.9. The Kier molecular flexibility index (Phi) is 4.98. The molecule has 5 heteroatoms. The van der Waals surface area contributed by atoms with Crippen LogP contribution in [0.3, 0.4) is 0 Å². The summed E-state index contributed by atoms with van der Waals surface area (Å²) in [6.07, 6.45) is 2.37. The molecule has 1 N–H and O–H groups in total. The molecular weight excluding hydrogens is 236 g/mol. The molecule has 0 spiro atoms. The van der Waals surface area contributed by atoms with Crippen molar-refractivity contribution in [3.63, 3.8) is 0 Å². The fourth-order valence-corrected chi connectivity index (χ4v) is 3.24. The maximum atomic E-state index is 12.3. The van der Waals surface area contributed by atoms with Crippen LogP contribution in [0.5, 0.6) is 0 Å². The van der Waals surface area contributed by atoms with Gasteiger partial charge in [0, 0.05) is 25.7 Å². The SMILES string of the molecule is CC(C)C(C)N(C)S(=O)(=O)C(C)CNC1CC1. The Morgan fingerprint density at radius 1 is 1.24 bits per heavy atom. The van der Waals surface area contributed by atoms with Crippen molar-refractivity contribution in [1.29, 1.82) is 0 Å². The van der Waals surface area contributed by atoms with Crippen molar-refractivity contribution in [2.24, 2.45) is 5.92 Å². The van der Waals surface area contributed by atoms with Gasteiger partial charge in [0.15, 0.2) is 0 Å². The lowest BCUT2D eigenvalue weighted by Crippen LogP contribution is -2.45. The van der Waals surface area contributed by atoms with Gasteiger partial charge in [0.05, 0.1) is 5.25 Å². The average molecular weight is 262 g/mol. The van der Waals surface area contributed by atoms with Crippen LogP contribution < -0.4 is 5.32 Å². The first-order valence-electron chi connectivity index (χ1n) is 6.47. The molecule has 0 radical (unpaired) electrons. The molecule has 1 saturated carbocycles. The first kappa shape index (κ1) is 14.9. The van der Waals surface area contributed by atoms with Crippen LogP contribution in [0, 0.1) is 5.92 Å². The minimum Gasteiger partial charge on any atom is -0.313 e. The van der Waals surface area contributed by atoms with Gasteiger partial charge in [-0.3, -0.25) is 0 Å². The van der Waals surface area contributed by atoms with Gasteiger partial charge in [-0.25, -0.2) is 12.7 Å². The molecule has 0 aromatic carbocycles. The van der Waals surface area contributed by atoms with Crippen LogP contribution in [0.4, 0.5) is 0 Å². The largest absolute Gasteiger partial charge is 0.313 e. The van der Waals surface area contributed by atoms with Gasteiger partial charge < -0.3 is 5.32 Å². The molecule has 2 atom stereocenters. The van der Waals surface area contributed by atoms with E-state index >= 15 is 0 Å². The highest BCUT2D eigenvalue weighted by Crippen LogP contribution is 2.20. The minimum atomic E-state index is -3.18. The molecule has 2 unspecified atom stereocenters. The second kappa shape index (κ2) is 5.67. The molecular formula is C12H26N2O2S. The Hall–Kier alpha value is -0.130. The Labute approximate surface area is 106 Å². The molecule has 1 fully saturated rings. The van der Waals surface area contributed by atoms with Crippen molar-refractivity contribution < 1.29 is 8.42 Å². The molecule has 0 aromatic rings. The summed E-state index contributed by atoms with van der Waals surface area (Å²) in [6, 6.07) is 0.601. The minimum absolute atomic E-state index is 0.0448. The van der Waals surface area contributed by atoms with E-state index in [9.17, 15) is 8.42 Å². The predicted octanol–water partition coefficient (Wildman–Crippen LogP) is 1.43. The van der Waals surface area contributed by atoms with Gasteiger partial charge in [0.1, 0.15) is 0 Å². The highest BCUT2D eigenvalue weighted by Gasteiger charge is 2.31. The number of hydrogen-bond acceptors (Lipinski definition) is 3. The zero-order valence-corrected chi connectivity index (χ0v) is 12.4. The molecule has 1 rings (SSSR count). The van der Waals surface area contributed by atoms with Crippen LogP contribution in [0.2, 0.25) is 0 Å². The quantitative estimate of drug-likeness (QED) is 0.755. The lowest BCUT2D eigenvalue weighted by molar-refractivity contribution is 0.312. The maximum absolute atomic E-state index is 12.3. The van der Waals surface area contributed by atoms with Crippen molar-refractivity contribution in [2.75, 3.05) is 13.6 Å². The van der Waals surface area contributed by atoms with E-state index in [1.54, 1.807) is 14.0 Å². The van der Waals surface area contributed by atoms with Crippen molar-refractivity contribution >= 4 is 10.0 Å². The van der Waals surface area contributed by atoms with E-state index in [2.05, 4.69) is 5.32 Å². The number of rotatable bonds is 7. The van der Waals surface area contributed by atoms with Gasteiger partial charge in [-0.2, -0.15) is 0 Å². The Balaban J connectivity index is 2.57. The number of nitrogens with one attached hydrogen (secondary N) is 1. The highest BCUT2D eigenvalue weighted by atomic mass is 32.2. The zero-order chi connectivity index (χ0) is 13.2. The first-order valence-corrected chi connectivity index (χ1v) is 7.97. The van der Waals surface area contributed by atoms with Crippen LogP contribution >= 0.6 is 0 Å². The lowest BCUT2D eigenvalue weighted by atomic mass is 10.1. The number of nitrogens with zero attached hydrogens (tertiary/aromatic N) is 1. The van der Waals surface area contributed by atoms with Gasteiger partial charge in [-0.15, -0.1) is 0 Å². The summed E-state index contributed by atoms with van der Waals surface area (Å²) >= 11 is 0. The van der Waals surface area contributed by atoms with E-state index in [1.807, 2.05) is 20.8 Å². The van der Waals surface area contributed by atoms with E-state index in [0.29, 0.717) is 18.5 Å². The van der Waals surface area contributed by atoms with Crippen molar-refractivity contribution in [2.45, 2.75) is 57.9 Å². The fourth-order valence-electron chi connectivity index (χ4n) is 1.66. The molecule has 1 aliphatic rings. The molecule has 102 valence electrons. The molecule has 0 aromatic heterocycles.